The summed E-state index contributed by atoms with van der Waals surface area (Å²) in [6.07, 6.45) is 3.92. The van der Waals surface area contributed by atoms with Crippen LogP contribution in [0.2, 0.25) is 0 Å². The largest absolute Gasteiger partial charge is 0.469 e. The summed E-state index contributed by atoms with van der Waals surface area (Å²) >= 11 is 0. The molecule has 6 heteroatoms. The van der Waals surface area contributed by atoms with Crippen molar-refractivity contribution in [3.05, 3.63) is 0 Å². The fourth-order valence-corrected chi connectivity index (χ4v) is 2.67. The third-order valence-electron chi connectivity index (χ3n) is 3.46. The minimum absolute atomic E-state index is 0.0285. The van der Waals surface area contributed by atoms with E-state index in [2.05, 4.69) is 10.6 Å². The van der Waals surface area contributed by atoms with Crippen LogP contribution in [0, 0.1) is 11.8 Å². The van der Waals surface area contributed by atoms with E-state index in [1.54, 1.807) is 5.12 Å². The van der Waals surface area contributed by atoms with E-state index in [0.29, 0.717) is 5.92 Å². The number of amidine groups is 1. The van der Waals surface area contributed by atoms with Gasteiger partial charge < -0.3 is 4.74 Å². The number of hydrogen-bond donors (Lipinski definition) is 1. The zero-order chi connectivity index (χ0) is 12.4. The lowest BCUT2D eigenvalue weighted by Crippen LogP contribution is -2.42. The lowest BCUT2D eigenvalue weighted by atomic mass is 9.80. The summed E-state index contributed by atoms with van der Waals surface area (Å²) < 4.78 is 4.83. The molecule has 17 heavy (non-hydrogen) atoms. The van der Waals surface area contributed by atoms with Gasteiger partial charge in [0.2, 0.25) is 0 Å². The van der Waals surface area contributed by atoms with Gasteiger partial charge in [-0.15, -0.1) is 10.6 Å². The maximum absolute atomic E-state index is 11.6. The number of hydrazone groups is 1. The van der Waals surface area contributed by atoms with Crippen LogP contribution < -0.4 is 5.53 Å². The number of rotatable bonds is 2. The highest BCUT2D eigenvalue weighted by Crippen LogP contribution is 2.32. The van der Waals surface area contributed by atoms with E-state index >= 15 is 0 Å². The van der Waals surface area contributed by atoms with Gasteiger partial charge in [0.15, 0.2) is 0 Å². The Kier molecular flexibility index (Phi) is 3.51. The Bertz CT molecular complexity index is 331. The molecule has 1 saturated carbocycles. The number of hydrazine groups is 2. The molecule has 1 aliphatic carbocycles. The highest BCUT2D eigenvalue weighted by molar-refractivity contribution is 5.85. The van der Waals surface area contributed by atoms with Crippen LogP contribution in [0.1, 0.15) is 25.7 Å². The van der Waals surface area contributed by atoms with Gasteiger partial charge in [0.05, 0.1) is 13.0 Å². The van der Waals surface area contributed by atoms with Gasteiger partial charge in [-0.05, 0) is 19.3 Å². The topological polar surface area (TPSA) is 57.2 Å². The van der Waals surface area contributed by atoms with Gasteiger partial charge in [0.1, 0.15) is 5.84 Å². The Morgan fingerprint density at radius 3 is 2.82 bits per heavy atom. The van der Waals surface area contributed by atoms with Crippen LogP contribution in [0.5, 0.6) is 0 Å². The molecule has 0 bridgehead atoms. The van der Waals surface area contributed by atoms with Crippen LogP contribution in [-0.2, 0) is 9.53 Å². The van der Waals surface area contributed by atoms with Crippen LogP contribution in [0.4, 0.5) is 0 Å². The average molecular weight is 240 g/mol. The summed E-state index contributed by atoms with van der Waals surface area (Å²) in [5, 5.41) is 8.04. The fourth-order valence-electron chi connectivity index (χ4n) is 2.67. The van der Waals surface area contributed by atoms with Crippen LogP contribution in [0.25, 0.3) is 0 Å². The van der Waals surface area contributed by atoms with E-state index in [9.17, 15) is 4.79 Å². The molecule has 0 amide bonds. The number of nitrogens with zero attached hydrogens (tertiary/aromatic N) is 3. The van der Waals surface area contributed by atoms with Gasteiger partial charge >= 0.3 is 5.97 Å². The Hall–Kier alpha value is -1.30. The molecule has 1 heterocycles. The van der Waals surface area contributed by atoms with Crippen molar-refractivity contribution in [3.63, 3.8) is 0 Å². The summed E-state index contributed by atoms with van der Waals surface area (Å²) in [5.41, 5.74) is 3.07. The third kappa shape index (κ3) is 2.52. The first-order valence-electron chi connectivity index (χ1n) is 6.02. The van der Waals surface area contributed by atoms with E-state index < -0.39 is 0 Å². The van der Waals surface area contributed by atoms with Crippen molar-refractivity contribution in [2.75, 3.05) is 21.2 Å². The average Bonchev–Trinajstić information content (AvgIpc) is 2.67. The molecular weight excluding hydrogens is 220 g/mol. The van der Waals surface area contributed by atoms with E-state index in [4.69, 9.17) is 4.74 Å². The molecule has 1 aliphatic heterocycles. The molecule has 0 aromatic carbocycles. The van der Waals surface area contributed by atoms with Crippen LogP contribution in [0.15, 0.2) is 5.10 Å². The lowest BCUT2D eigenvalue weighted by Gasteiger charge is -2.29. The number of carbonyl (C=O) groups excluding carboxylic acids is 1. The summed E-state index contributed by atoms with van der Waals surface area (Å²) in [5.74, 6) is 1.30. The normalized spacial score (nSPS) is 29.2. The van der Waals surface area contributed by atoms with Gasteiger partial charge in [-0.3, -0.25) is 9.80 Å². The number of hydrogen-bond acceptors (Lipinski definition) is 6. The van der Waals surface area contributed by atoms with E-state index in [0.717, 1.165) is 31.5 Å². The molecule has 2 aliphatic rings. The van der Waals surface area contributed by atoms with E-state index in [-0.39, 0.29) is 11.9 Å². The maximum Gasteiger partial charge on any atom is 0.308 e. The molecule has 96 valence electrons. The molecule has 0 saturated heterocycles. The second-order valence-corrected chi connectivity index (χ2v) is 4.72. The van der Waals surface area contributed by atoms with Crippen molar-refractivity contribution >= 4 is 11.8 Å². The first-order valence-corrected chi connectivity index (χ1v) is 6.02. The summed E-state index contributed by atoms with van der Waals surface area (Å²) in [4.78, 5) is 11.6. The van der Waals surface area contributed by atoms with Crippen LogP contribution >= 0.6 is 0 Å². The Morgan fingerprint density at radius 1 is 1.47 bits per heavy atom. The quantitative estimate of drug-likeness (QED) is 0.715. The molecule has 2 rings (SSSR count). The van der Waals surface area contributed by atoms with Crippen molar-refractivity contribution in [3.8, 4) is 0 Å². The second-order valence-electron chi connectivity index (χ2n) is 4.72. The molecule has 0 radical (unpaired) electrons. The molecule has 1 fully saturated rings. The summed E-state index contributed by atoms with van der Waals surface area (Å²) in [6.45, 7) is 0. The van der Waals surface area contributed by atoms with Gasteiger partial charge in [0.25, 0.3) is 0 Å². The van der Waals surface area contributed by atoms with Crippen molar-refractivity contribution < 1.29 is 9.53 Å². The summed E-state index contributed by atoms with van der Waals surface area (Å²) in [6, 6.07) is 0. The molecule has 0 unspecified atom stereocenters. The Balaban J connectivity index is 2.02. The number of ether oxygens (including phenoxy) is 1. The standard InChI is InChI=1S/C11H20N4O2/c1-14-10(12-15(2)13-14)8-5-4-6-9(7-8)11(16)17-3/h8-9,13H,4-7H2,1-3H3/t8-,9+/m0/s1. The zero-order valence-electron chi connectivity index (χ0n) is 10.6. The second kappa shape index (κ2) is 4.91. The number of esters is 1. The van der Waals surface area contributed by atoms with Crippen LogP contribution in [0.3, 0.4) is 0 Å². The number of methoxy groups -OCH3 is 1. The number of nitrogens with one attached hydrogen (secondary N) is 1. The van der Waals surface area contributed by atoms with E-state index in [1.807, 2.05) is 19.1 Å². The zero-order valence-corrected chi connectivity index (χ0v) is 10.6. The van der Waals surface area contributed by atoms with Crippen molar-refractivity contribution in [1.82, 2.24) is 15.7 Å². The van der Waals surface area contributed by atoms with E-state index in [1.165, 1.54) is 7.11 Å². The molecule has 0 aromatic heterocycles. The van der Waals surface area contributed by atoms with Gasteiger partial charge in [-0.25, -0.2) is 5.12 Å². The first kappa shape index (κ1) is 12.2. The molecule has 0 aromatic rings. The first-order chi connectivity index (χ1) is 8.11. The number of carbonyl (C=O) groups is 1. The molecule has 6 nitrogen and oxygen atoms in total. The SMILES string of the molecule is COC(=O)[C@@H]1CCC[C@H](C2=NN(C)NN2C)C1. The Labute approximate surface area is 102 Å². The molecule has 2 atom stereocenters. The molecule has 1 N–H and O–H groups in total. The maximum atomic E-state index is 11.6. The minimum Gasteiger partial charge on any atom is -0.469 e. The monoisotopic (exact) mass is 240 g/mol. The van der Waals surface area contributed by atoms with Gasteiger partial charge in [-0.2, -0.15) is 0 Å². The molecular formula is C11H20N4O2. The smallest absolute Gasteiger partial charge is 0.308 e. The van der Waals surface area contributed by atoms with Crippen molar-refractivity contribution in [1.29, 1.82) is 0 Å². The molecule has 0 spiro atoms. The highest BCUT2D eigenvalue weighted by atomic mass is 16.5. The highest BCUT2D eigenvalue weighted by Gasteiger charge is 2.34. The van der Waals surface area contributed by atoms with Gasteiger partial charge in [-0.1, -0.05) is 6.42 Å². The lowest BCUT2D eigenvalue weighted by molar-refractivity contribution is -0.146. The minimum atomic E-state index is -0.0859. The Morgan fingerprint density at radius 2 is 2.24 bits per heavy atom. The predicted octanol–water partition coefficient (Wildman–Crippen LogP) is 0.576. The van der Waals surface area contributed by atoms with Crippen molar-refractivity contribution in [2.24, 2.45) is 16.9 Å². The van der Waals surface area contributed by atoms with Crippen LogP contribution in [-0.4, -0.2) is 43.1 Å². The third-order valence-corrected chi connectivity index (χ3v) is 3.46. The fraction of sp³-hybridized carbons (Fsp3) is 0.818. The summed E-state index contributed by atoms with van der Waals surface area (Å²) in [7, 11) is 5.27. The predicted molar refractivity (Wildman–Crippen MR) is 63.6 cm³/mol. The van der Waals surface area contributed by atoms with Crippen molar-refractivity contribution in [2.45, 2.75) is 25.7 Å². The van der Waals surface area contributed by atoms with Gasteiger partial charge in [0, 0.05) is 20.0 Å².